The number of sulfonamides is 1. The van der Waals surface area contributed by atoms with Gasteiger partial charge in [-0.05, 0) is 49.9 Å². The lowest BCUT2D eigenvalue weighted by atomic mass is 9.94. The van der Waals surface area contributed by atoms with E-state index >= 15 is 0 Å². The average molecular weight is 606 g/mol. The van der Waals surface area contributed by atoms with Crippen molar-refractivity contribution in [3.8, 4) is 5.75 Å². The van der Waals surface area contributed by atoms with Gasteiger partial charge in [-0.2, -0.15) is 0 Å². The largest absolute Gasteiger partial charge is 0.492 e. The zero-order valence-electron chi connectivity index (χ0n) is 25.4. The first-order valence-corrected chi connectivity index (χ1v) is 16.9. The van der Waals surface area contributed by atoms with Crippen molar-refractivity contribution in [1.29, 1.82) is 0 Å². The van der Waals surface area contributed by atoms with Gasteiger partial charge in [-0.15, -0.1) is 0 Å². The van der Waals surface area contributed by atoms with E-state index in [9.17, 15) is 18.0 Å². The second-order valence-electron chi connectivity index (χ2n) is 11.2. The quantitative estimate of drug-likeness (QED) is 0.287. The van der Waals surface area contributed by atoms with Crippen LogP contribution < -0.4 is 14.4 Å². The molecule has 0 heterocycles. The smallest absolute Gasteiger partial charge is 0.244 e. The van der Waals surface area contributed by atoms with E-state index in [0.717, 1.165) is 59.4 Å². The van der Waals surface area contributed by atoms with Crippen LogP contribution in [-0.4, -0.2) is 56.6 Å². The molecule has 43 heavy (non-hydrogen) atoms. The predicted molar refractivity (Wildman–Crippen MR) is 170 cm³/mol. The number of rotatable bonds is 13. The number of hydrogen-bond acceptors (Lipinski definition) is 5. The SMILES string of the molecule is CCOc1ccccc1N(CC(=O)N(Cc1ccc(C)cc1)C(Cc1ccccc1)C(=O)NC1CCCCC1)S(C)(=O)=O. The molecule has 8 nitrogen and oxygen atoms in total. The van der Waals surface area contributed by atoms with Crippen LogP contribution in [0.1, 0.15) is 55.7 Å². The van der Waals surface area contributed by atoms with E-state index in [1.165, 1.54) is 4.90 Å². The summed E-state index contributed by atoms with van der Waals surface area (Å²) in [5.41, 5.74) is 3.12. The summed E-state index contributed by atoms with van der Waals surface area (Å²) in [5.74, 6) is -0.335. The van der Waals surface area contributed by atoms with Crippen molar-refractivity contribution in [3.05, 3.63) is 95.6 Å². The van der Waals surface area contributed by atoms with Crippen LogP contribution in [0.3, 0.4) is 0 Å². The predicted octanol–water partition coefficient (Wildman–Crippen LogP) is 5.25. The van der Waals surface area contributed by atoms with Gasteiger partial charge < -0.3 is 15.0 Å². The Bertz CT molecular complexity index is 1450. The average Bonchev–Trinajstić information content (AvgIpc) is 2.99. The fraction of sp³-hybridized carbons (Fsp3) is 0.412. The van der Waals surface area contributed by atoms with Crippen LogP contribution in [-0.2, 0) is 32.6 Å². The van der Waals surface area contributed by atoms with E-state index in [1.807, 2.05) is 68.4 Å². The van der Waals surface area contributed by atoms with Crippen molar-refractivity contribution >= 4 is 27.5 Å². The zero-order valence-corrected chi connectivity index (χ0v) is 26.2. The summed E-state index contributed by atoms with van der Waals surface area (Å²) in [5, 5.41) is 3.23. The molecule has 230 valence electrons. The first kappa shape index (κ1) is 32.1. The molecule has 0 spiro atoms. The Hall–Kier alpha value is -3.85. The number of benzene rings is 3. The van der Waals surface area contributed by atoms with Gasteiger partial charge in [-0.25, -0.2) is 8.42 Å². The van der Waals surface area contributed by atoms with Crippen LogP contribution in [0.5, 0.6) is 5.75 Å². The van der Waals surface area contributed by atoms with Crippen molar-refractivity contribution in [3.63, 3.8) is 0 Å². The molecule has 1 aliphatic rings. The van der Waals surface area contributed by atoms with Gasteiger partial charge in [0.1, 0.15) is 18.3 Å². The third-order valence-electron chi connectivity index (χ3n) is 7.81. The Kier molecular flexibility index (Phi) is 11.2. The Morgan fingerprint density at radius 3 is 2.21 bits per heavy atom. The molecular formula is C34H43N3O5S. The Morgan fingerprint density at radius 1 is 0.907 bits per heavy atom. The molecule has 0 bridgehead atoms. The van der Waals surface area contributed by atoms with E-state index in [0.29, 0.717) is 18.8 Å². The third-order valence-corrected chi connectivity index (χ3v) is 8.94. The van der Waals surface area contributed by atoms with Crippen LogP contribution in [0.25, 0.3) is 0 Å². The van der Waals surface area contributed by atoms with Crippen LogP contribution in [0.4, 0.5) is 5.69 Å². The minimum Gasteiger partial charge on any atom is -0.492 e. The lowest BCUT2D eigenvalue weighted by molar-refractivity contribution is -0.140. The zero-order chi connectivity index (χ0) is 30.8. The van der Waals surface area contributed by atoms with Crippen molar-refractivity contribution in [2.75, 3.05) is 23.7 Å². The molecule has 3 aromatic rings. The van der Waals surface area contributed by atoms with Gasteiger partial charge in [0.05, 0.1) is 18.6 Å². The number of carbonyl (C=O) groups is 2. The van der Waals surface area contributed by atoms with E-state index in [-0.39, 0.29) is 24.2 Å². The molecule has 4 rings (SSSR count). The molecule has 1 N–H and O–H groups in total. The van der Waals surface area contributed by atoms with Crippen molar-refractivity contribution in [1.82, 2.24) is 10.2 Å². The van der Waals surface area contributed by atoms with E-state index in [4.69, 9.17) is 4.74 Å². The minimum atomic E-state index is -3.89. The third kappa shape index (κ3) is 9.07. The Morgan fingerprint density at radius 2 is 1.56 bits per heavy atom. The maximum absolute atomic E-state index is 14.3. The number of carbonyl (C=O) groups excluding carboxylic acids is 2. The van der Waals surface area contributed by atoms with Gasteiger partial charge in [0.25, 0.3) is 0 Å². The molecule has 1 unspecified atom stereocenters. The van der Waals surface area contributed by atoms with Gasteiger partial charge in [-0.3, -0.25) is 13.9 Å². The molecule has 0 radical (unpaired) electrons. The maximum Gasteiger partial charge on any atom is 0.244 e. The highest BCUT2D eigenvalue weighted by atomic mass is 32.2. The summed E-state index contributed by atoms with van der Waals surface area (Å²) >= 11 is 0. The van der Waals surface area contributed by atoms with Gasteiger partial charge >= 0.3 is 0 Å². The number of aryl methyl sites for hydroxylation is 1. The fourth-order valence-electron chi connectivity index (χ4n) is 5.52. The molecule has 1 aliphatic carbocycles. The Labute approximate surface area is 256 Å². The second-order valence-corrected chi connectivity index (χ2v) is 13.1. The molecule has 3 aromatic carbocycles. The molecule has 1 fully saturated rings. The van der Waals surface area contributed by atoms with Gasteiger partial charge in [0.2, 0.25) is 21.8 Å². The number of para-hydroxylation sites is 2. The number of anilines is 1. The molecule has 9 heteroatoms. The molecule has 0 saturated heterocycles. The number of amides is 2. The van der Waals surface area contributed by atoms with Crippen molar-refractivity contribution in [2.45, 2.75) is 71.0 Å². The summed E-state index contributed by atoms with van der Waals surface area (Å²) in [6, 6.07) is 23.4. The Balaban J connectivity index is 1.73. The normalized spacial score (nSPS) is 14.5. The van der Waals surface area contributed by atoms with E-state index in [1.54, 1.807) is 24.3 Å². The number of nitrogens with one attached hydrogen (secondary N) is 1. The van der Waals surface area contributed by atoms with Gasteiger partial charge in [0.15, 0.2) is 0 Å². The van der Waals surface area contributed by atoms with Crippen LogP contribution in [0, 0.1) is 6.92 Å². The summed E-state index contributed by atoms with van der Waals surface area (Å²) in [7, 11) is -3.89. The van der Waals surface area contributed by atoms with E-state index in [2.05, 4.69) is 5.32 Å². The topological polar surface area (TPSA) is 96.0 Å². The molecule has 0 aromatic heterocycles. The summed E-state index contributed by atoms with van der Waals surface area (Å²) in [4.78, 5) is 29.9. The van der Waals surface area contributed by atoms with Gasteiger partial charge in [-0.1, -0.05) is 91.6 Å². The lowest BCUT2D eigenvalue weighted by Crippen LogP contribution is -2.55. The molecular weight excluding hydrogens is 562 g/mol. The van der Waals surface area contributed by atoms with Crippen molar-refractivity contribution < 1.29 is 22.7 Å². The number of ether oxygens (including phenoxy) is 1. The monoisotopic (exact) mass is 605 g/mol. The molecule has 1 atom stereocenters. The number of hydrogen-bond donors (Lipinski definition) is 1. The highest BCUT2D eigenvalue weighted by Gasteiger charge is 2.34. The highest BCUT2D eigenvalue weighted by molar-refractivity contribution is 7.92. The fourth-order valence-corrected chi connectivity index (χ4v) is 6.38. The van der Waals surface area contributed by atoms with Crippen LogP contribution in [0.15, 0.2) is 78.9 Å². The van der Waals surface area contributed by atoms with Crippen LogP contribution in [0.2, 0.25) is 0 Å². The number of nitrogens with zero attached hydrogens (tertiary/aromatic N) is 2. The minimum absolute atomic E-state index is 0.0569. The first-order chi connectivity index (χ1) is 20.7. The van der Waals surface area contributed by atoms with Gasteiger partial charge in [0, 0.05) is 19.0 Å². The highest BCUT2D eigenvalue weighted by Crippen LogP contribution is 2.30. The molecule has 0 aliphatic heterocycles. The maximum atomic E-state index is 14.3. The van der Waals surface area contributed by atoms with Crippen LogP contribution >= 0.6 is 0 Å². The molecule has 2 amide bonds. The first-order valence-electron chi connectivity index (χ1n) is 15.0. The standard InChI is InChI=1S/C34H43N3O5S/c1-4-42-32-18-12-11-17-30(32)37(43(3,40)41)25-33(38)36(24-28-21-19-26(2)20-22-28)31(23-27-13-7-5-8-14-27)34(39)35-29-15-9-6-10-16-29/h5,7-8,11-14,17-22,29,31H,4,6,9-10,15-16,23-25H2,1-3H3,(H,35,39). The summed E-state index contributed by atoms with van der Waals surface area (Å²) in [6.45, 7) is 3.82. The van der Waals surface area contributed by atoms with Crippen molar-refractivity contribution in [2.24, 2.45) is 0 Å². The second kappa shape index (κ2) is 15.0. The van der Waals surface area contributed by atoms with E-state index < -0.39 is 28.5 Å². The lowest BCUT2D eigenvalue weighted by Gasteiger charge is -2.35. The summed E-state index contributed by atoms with van der Waals surface area (Å²) in [6.07, 6.45) is 6.46. The summed E-state index contributed by atoms with van der Waals surface area (Å²) < 4.78 is 33.0. The molecule has 1 saturated carbocycles.